The van der Waals surface area contributed by atoms with Gasteiger partial charge in [-0.1, -0.05) is 18.2 Å². The summed E-state index contributed by atoms with van der Waals surface area (Å²) in [6.07, 6.45) is 4.92. The van der Waals surface area contributed by atoms with E-state index in [0.717, 1.165) is 6.54 Å². The lowest BCUT2D eigenvalue weighted by Gasteiger charge is -2.13. The zero-order chi connectivity index (χ0) is 13.2. The molecule has 18 heavy (non-hydrogen) atoms. The third-order valence-electron chi connectivity index (χ3n) is 3.37. The van der Waals surface area contributed by atoms with Gasteiger partial charge in [0.25, 0.3) is 0 Å². The molecule has 0 saturated heterocycles. The van der Waals surface area contributed by atoms with Crippen LogP contribution in [0.3, 0.4) is 0 Å². The fraction of sp³-hybridized carbons (Fsp3) is 0.571. The average molecular weight is 267 g/mol. The molecular weight excluding hydrogens is 246 g/mol. The Kier molecular flexibility index (Phi) is 4.07. The molecule has 1 N–H and O–H groups in total. The minimum Gasteiger partial charge on any atom is -0.309 e. The highest BCUT2D eigenvalue weighted by atomic mass is 32.2. The van der Waals surface area contributed by atoms with Crippen LogP contribution >= 0.6 is 0 Å². The summed E-state index contributed by atoms with van der Waals surface area (Å²) in [6.45, 7) is 2.65. The third kappa shape index (κ3) is 3.82. The molecule has 1 aliphatic carbocycles. The molecule has 0 aromatic heterocycles. The Balaban J connectivity index is 1.90. The molecule has 1 aromatic rings. The zero-order valence-electron chi connectivity index (χ0n) is 11.1. The standard InChI is InChI=1S/C14H21NO2S/c1-11(10-18(2,16)17)15-9-12-6-7-13-4-3-5-14(13)8-12/h6-8,11,15H,3-5,9-10H2,1-2H3. The van der Waals surface area contributed by atoms with Crippen LogP contribution in [0, 0.1) is 0 Å². The SMILES string of the molecule is CC(CS(C)(=O)=O)NCc1ccc2c(c1)CCC2. The van der Waals surface area contributed by atoms with Crippen molar-refractivity contribution in [3.8, 4) is 0 Å². The Bertz CT molecular complexity index is 523. The number of nitrogens with one attached hydrogen (secondary N) is 1. The van der Waals surface area contributed by atoms with Gasteiger partial charge in [-0.25, -0.2) is 8.42 Å². The number of aryl methyl sites for hydroxylation is 2. The van der Waals surface area contributed by atoms with Crippen LogP contribution in [0.25, 0.3) is 0 Å². The van der Waals surface area contributed by atoms with Crippen LogP contribution in [0.2, 0.25) is 0 Å². The summed E-state index contributed by atoms with van der Waals surface area (Å²) >= 11 is 0. The van der Waals surface area contributed by atoms with Gasteiger partial charge in [-0.3, -0.25) is 0 Å². The van der Waals surface area contributed by atoms with E-state index in [1.807, 2.05) is 6.92 Å². The van der Waals surface area contributed by atoms with Crippen LogP contribution in [0.15, 0.2) is 18.2 Å². The van der Waals surface area contributed by atoms with Crippen molar-refractivity contribution < 1.29 is 8.42 Å². The van der Waals surface area contributed by atoms with E-state index >= 15 is 0 Å². The smallest absolute Gasteiger partial charge is 0.148 e. The first-order valence-corrected chi connectivity index (χ1v) is 8.52. The lowest BCUT2D eigenvalue weighted by molar-refractivity contribution is 0.560. The Morgan fingerprint density at radius 3 is 2.72 bits per heavy atom. The monoisotopic (exact) mass is 267 g/mol. The van der Waals surface area contributed by atoms with E-state index in [4.69, 9.17) is 0 Å². The maximum atomic E-state index is 11.2. The second-order valence-corrected chi connectivity index (χ2v) is 7.52. The van der Waals surface area contributed by atoms with E-state index in [2.05, 4.69) is 23.5 Å². The van der Waals surface area contributed by atoms with Crippen LogP contribution in [-0.4, -0.2) is 26.5 Å². The van der Waals surface area contributed by atoms with E-state index in [0.29, 0.717) is 0 Å². The zero-order valence-corrected chi connectivity index (χ0v) is 11.9. The van der Waals surface area contributed by atoms with Crippen molar-refractivity contribution in [2.24, 2.45) is 0 Å². The Morgan fingerprint density at radius 1 is 1.28 bits per heavy atom. The first-order chi connectivity index (χ1) is 8.44. The van der Waals surface area contributed by atoms with Crippen molar-refractivity contribution >= 4 is 9.84 Å². The number of benzene rings is 1. The number of fused-ring (bicyclic) bond motifs is 1. The first kappa shape index (κ1) is 13.6. The summed E-state index contributed by atoms with van der Waals surface area (Å²) < 4.78 is 22.3. The largest absolute Gasteiger partial charge is 0.309 e. The second-order valence-electron chi connectivity index (χ2n) is 5.33. The van der Waals surface area contributed by atoms with Gasteiger partial charge in [0.1, 0.15) is 9.84 Å². The fourth-order valence-electron chi connectivity index (χ4n) is 2.54. The molecule has 2 rings (SSSR count). The lowest BCUT2D eigenvalue weighted by atomic mass is 10.1. The average Bonchev–Trinajstić information content (AvgIpc) is 2.71. The molecule has 1 aromatic carbocycles. The summed E-state index contributed by atoms with van der Waals surface area (Å²) in [5, 5.41) is 3.27. The van der Waals surface area contributed by atoms with Crippen molar-refractivity contribution in [2.75, 3.05) is 12.0 Å². The van der Waals surface area contributed by atoms with Gasteiger partial charge in [-0.05, 0) is 42.9 Å². The van der Waals surface area contributed by atoms with Crippen molar-refractivity contribution in [3.05, 3.63) is 34.9 Å². The molecule has 0 fully saturated rings. The molecule has 0 saturated carbocycles. The highest BCUT2D eigenvalue weighted by molar-refractivity contribution is 7.90. The Labute approximate surface area is 110 Å². The molecular formula is C14H21NO2S. The fourth-order valence-corrected chi connectivity index (χ4v) is 3.57. The Hall–Kier alpha value is -0.870. The predicted molar refractivity (Wildman–Crippen MR) is 74.5 cm³/mol. The van der Waals surface area contributed by atoms with Gasteiger partial charge >= 0.3 is 0 Å². The summed E-state index contributed by atoms with van der Waals surface area (Å²) in [7, 11) is -2.90. The van der Waals surface area contributed by atoms with E-state index in [9.17, 15) is 8.42 Å². The molecule has 3 nitrogen and oxygen atoms in total. The summed E-state index contributed by atoms with van der Waals surface area (Å²) in [6, 6.07) is 6.60. The topological polar surface area (TPSA) is 46.2 Å². The van der Waals surface area contributed by atoms with Gasteiger partial charge < -0.3 is 5.32 Å². The predicted octanol–water partition coefficient (Wildman–Crippen LogP) is 1.70. The van der Waals surface area contributed by atoms with Gasteiger partial charge in [-0.15, -0.1) is 0 Å². The maximum absolute atomic E-state index is 11.2. The number of sulfone groups is 1. The molecule has 0 aliphatic heterocycles. The second kappa shape index (κ2) is 5.41. The van der Waals surface area contributed by atoms with Crippen LogP contribution < -0.4 is 5.32 Å². The minimum absolute atomic E-state index is 0.00625. The molecule has 0 amide bonds. The molecule has 1 atom stereocenters. The van der Waals surface area contributed by atoms with Crippen molar-refractivity contribution in [3.63, 3.8) is 0 Å². The third-order valence-corrected chi connectivity index (χ3v) is 4.48. The number of hydrogen-bond donors (Lipinski definition) is 1. The van der Waals surface area contributed by atoms with E-state index < -0.39 is 9.84 Å². The molecule has 0 spiro atoms. The van der Waals surface area contributed by atoms with Crippen LogP contribution in [0.1, 0.15) is 30.0 Å². The van der Waals surface area contributed by atoms with E-state index in [-0.39, 0.29) is 11.8 Å². The number of rotatable bonds is 5. The minimum atomic E-state index is -2.90. The molecule has 0 heterocycles. The molecule has 100 valence electrons. The molecule has 4 heteroatoms. The van der Waals surface area contributed by atoms with Crippen LogP contribution in [-0.2, 0) is 29.2 Å². The number of hydrogen-bond acceptors (Lipinski definition) is 3. The van der Waals surface area contributed by atoms with Crippen molar-refractivity contribution in [1.29, 1.82) is 0 Å². The Morgan fingerprint density at radius 2 is 2.00 bits per heavy atom. The molecule has 1 aliphatic rings. The highest BCUT2D eigenvalue weighted by Crippen LogP contribution is 2.22. The van der Waals surface area contributed by atoms with Gasteiger partial charge in [-0.2, -0.15) is 0 Å². The van der Waals surface area contributed by atoms with Gasteiger partial charge in [0.15, 0.2) is 0 Å². The van der Waals surface area contributed by atoms with E-state index in [1.165, 1.54) is 42.2 Å². The van der Waals surface area contributed by atoms with Crippen LogP contribution in [0.5, 0.6) is 0 Å². The molecule has 1 unspecified atom stereocenters. The maximum Gasteiger partial charge on any atom is 0.148 e. The van der Waals surface area contributed by atoms with Crippen molar-refractivity contribution in [2.45, 2.75) is 38.8 Å². The van der Waals surface area contributed by atoms with Gasteiger partial charge in [0, 0.05) is 18.8 Å². The normalized spacial score (nSPS) is 16.6. The van der Waals surface area contributed by atoms with E-state index in [1.54, 1.807) is 0 Å². The van der Waals surface area contributed by atoms with Crippen LogP contribution in [0.4, 0.5) is 0 Å². The lowest BCUT2D eigenvalue weighted by Crippen LogP contribution is -2.32. The van der Waals surface area contributed by atoms with Crippen molar-refractivity contribution in [1.82, 2.24) is 5.32 Å². The van der Waals surface area contributed by atoms with Gasteiger partial charge in [0.2, 0.25) is 0 Å². The first-order valence-electron chi connectivity index (χ1n) is 6.46. The quantitative estimate of drug-likeness (QED) is 0.883. The molecule has 0 bridgehead atoms. The highest BCUT2D eigenvalue weighted by Gasteiger charge is 2.12. The summed E-state index contributed by atoms with van der Waals surface area (Å²) in [4.78, 5) is 0. The molecule has 0 radical (unpaired) electrons. The summed E-state index contributed by atoms with van der Waals surface area (Å²) in [5.41, 5.74) is 4.18. The van der Waals surface area contributed by atoms with Gasteiger partial charge in [0.05, 0.1) is 5.75 Å². The summed E-state index contributed by atoms with van der Waals surface area (Å²) in [5.74, 6) is 0.192.